The van der Waals surface area contributed by atoms with Crippen molar-refractivity contribution < 1.29 is 19.7 Å². The van der Waals surface area contributed by atoms with Crippen molar-refractivity contribution in [3.05, 3.63) is 42.0 Å². The van der Waals surface area contributed by atoms with Gasteiger partial charge in [-0.2, -0.15) is 0 Å². The van der Waals surface area contributed by atoms with Crippen LogP contribution in [-0.4, -0.2) is 28.4 Å². The van der Waals surface area contributed by atoms with Gasteiger partial charge in [-0.05, 0) is 24.3 Å². The summed E-state index contributed by atoms with van der Waals surface area (Å²) in [5.41, 5.74) is -0.824. The number of fused-ring (bicyclic) bond motifs is 1. The van der Waals surface area contributed by atoms with Crippen molar-refractivity contribution in [1.82, 2.24) is 0 Å². The molecule has 0 saturated heterocycles. The number of carbonyl (C=O) groups is 1. The molecule has 0 aliphatic rings. The van der Waals surface area contributed by atoms with E-state index >= 15 is 0 Å². The zero-order valence-electron chi connectivity index (χ0n) is 12.3. The molecule has 2 N–H and O–H groups in total. The van der Waals surface area contributed by atoms with E-state index in [1.165, 1.54) is 6.07 Å². The minimum absolute atomic E-state index is 0.0777. The lowest BCUT2D eigenvalue weighted by molar-refractivity contribution is -0.0113. The van der Waals surface area contributed by atoms with Crippen LogP contribution in [0.5, 0.6) is 5.75 Å². The molecule has 0 bridgehead atoms. The maximum Gasteiger partial charge on any atom is 0.339 e. The Balaban J connectivity index is 2.45. The second-order valence-electron chi connectivity index (χ2n) is 5.19. The minimum Gasteiger partial charge on any atom is -0.489 e. The number of aromatic carboxylic acids is 1. The molecule has 2 aromatic carbocycles. The van der Waals surface area contributed by atoms with Crippen LogP contribution >= 0.6 is 0 Å². The average molecular weight is 288 g/mol. The van der Waals surface area contributed by atoms with Gasteiger partial charge in [0.2, 0.25) is 0 Å². The lowest BCUT2D eigenvalue weighted by atomic mass is 9.98. The third-order valence-corrected chi connectivity index (χ3v) is 3.91. The molecular weight excluding hydrogens is 268 g/mol. The Bertz CT molecular complexity index is 644. The van der Waals surface area contributed by atoms with Crippen LogP contribution in [0, 0.1) is 0 Å². The maximum atomic E-state index is 11.4. The molecule has 0 heterocycles. The molecule has 0 radical (unpaired) electrons. The van der Waals surface area contributed by atoms with Crippen LogP contribution in [0.25, 0.3) is 10.8 Å². The van der Waals surface area contributed by atoms with Crippen LogP contribution in [-0.2, 0) is 0 Å². The first-order chi connectivity index (χ1) is 10.0. The normalized spacial score (nSPS) is 11.6. The van der Waals surface area contributed by atoms with Gasteiger partial charge in [-0.15, -0.1) is 0 Å². The molecule has 0 spiro atoms. The fourth-order valence-electron chi connectivity index (χ4n) is 2.23. The van der Waals surface area contributed by atoms with Gasteiger partial charge in [-0.3, -0.25) is 0 Å². The first-order valence-corrected chi connectivity index (χ1v) is 7.11. The highest BCUT2D eigenvalue weighted by Gasteiger charge is 2.25. The molecule has 2 aromatic rings. The highest BCUT2D eigenvalue weighted by molar-refractivity contribution is 6.00. The fourth-order valence-corrected chi connectivity index (χ4v) is 2.23. The highest BCUT2D eigenvalue weighted by Crippen LogP contribution is 2.31. The van der Waals surface area contributed by atoms with Crippen molar-refractivity contribution in [3.63, 3.8) is 0 Å². The van der Waals surface area contributed by atoms with E-state index < -0.39 is 11.6 Å². The standard InChI is InChI=1S/C17H20O4/c1-3-17(20,4-2)11-21-15-13-8-6-5-7-12(13)9-10-14(15)16(18)19/h5-10,20H,3-4,11H2,1-2H3,(H,18,19). The van der Waals surface area contributed by atoms with Crippen LogP contribution in [0.4, 0.5) is 0 Å². The van der Waals surface area contributed by atoms with Crippen LogP contribution in [0.2, 0.25) is 0 Å². The second-order valence-corrected chi connectivity index (χ2v) is 5.19. The number of hydrogen-bond acceptors (Lipinski definition) is 3. The van der Waals surface area contributed by atoms with Gasteiger partial charge in [0.05, 0.1) is 5.60 Å². The largest absolute Gasteiger partial charge is 0.489 e. The van der Waals surface area contributed by atoms with Crippen LogP contribution in [0.15, 0.2) is 36.4 Å². The van der Waals surface area contributed by atoms with E-state index in [1.807, 2.05) is 38.1 Å². The first kappa shape index (κ1) is 15.3. The lowest BCUT2D eigenvalue weighted by Crippen LogP contribution is -2.34. The molecule has 0 atom stereocenters. The van der Waals surface area contributed by atoms with Crippen LogP contribution in [0.1, 0.15) is 37.0 Å². The number of aliphatic hydroxyl groups is 1. The third kappa shape index (κ3) is 3.16. The predicted octanol–water partition coefficient (Wildman–Crippen LogP) is 3.47. The van der Waals surface area contributed by atoms with E-state index in [0.29, 0.717) is 18.6 Å². The molecular formula is C17H20O4. The van der Waals surface area contributed by atoms with Gasteiger partial charge in [0.15, 0.2) is 0 Å². The minimum atomic E-state index is -1.03. The van der Waals surface area contributed by atoms with E-state index in [1.54, 1.807) is 6.07 Å². The summed E-state index contributed by atoms with van der Waals surface area (Å²) >= 11 is 0. The molecule has 2 rings (SSSR count). The number of ether oxygens (including phenoxy) is 1. The number of carboxylic acids is 1. The van der Waals surface area contributed by atoms with Crippen molar-refractivity contribution in [1.29, 1.82) is 0 Å². The summed E-state index contributed by atoms with van der Waals surface area (Å²) in [5.74, 6) is -0.715. The molecule has 4 heteroatoms. The SMILES string of the molecule is CCC(O)(CC)COc1c(C(=O)O)ccc2ccccc12. The van der Waals surface area contributed by atoms with E-state index in [-0.39, 0.29) is 12.2 Å². The van der Waals surface area contributed by atoms with E-state index in [9.17, 15) is 15.0 Å². The van der Waals surface area contributed by atoms with Crippen molar-refractivity contribution in [2.75, 3.05) is 6.61 Å². The zero-order valence-corrected chi connectivity index (χ0v) is 12.3. The number of hydrogen-bond donors (Lipinski definition) is 2. The fraction of sp³-hybridized carbons (Fsp3) is 0.353. The Kier molecular flexibility index (Phi) is 4.48. The van der Waals surface area contributed by atoms with Gasteiger partial charge in [0.25, 0.3) is 0 Å². The Morgan fingerprint density at radius 1 is 1.14 bits per heavy atom. The smallest absolute Gasteiger partial charge is 0.339 e. The van der Waals surface area contributed by atoms with Crippen molar-refractivity contribution >= 4 is 16.7 Å². The molecule has 112 valence electrons. The summed E-state index contributed by atoms with van der Waals surface area (Å²) in [5, 5.41) is 21.3. The summed E-state index contributed by atoms with van der Waals surface area (Å²) < 4.78 is 5.73. The third-order valence-electron chi connectivity index (χ3n) is 3.91. The van der Waals surface area contributed by atoms with Crippen LogP contribution in [0.3, 0.4) is 0 Å². The average Bonchev–Trinajstić information content (AvgIpc) is 2.51. The monoisotopic (exact) mass is 288 g/mol. The molecule has 0 aliphatic carbocycles. The van der Waals surface area contributed by atoms with E-state index in [4.69, 9.17) is 4.74 Å². The molecule has 0 aliphatic heterocycles. The molecule has 0 unspecified atom stereocenters. The van der Waals surface area contributed by atoms with Gasteiger partial charge >= 0.3 is 5.97 Å². The van der Waals surface area contributed by atoms with Gasteiger partial charge in [-0.1, -0.05) is 44.2 Å². The predicted molar refractivity (Wildman–Crippen MR) is 81.9 cm³/mol. The molecule has 0 aromatic heterocycles. The zero-order chi connectivity index (χ0) is 15.5. The Morgan fingerprint density at radius 2 is 1.81 bits per heavy atom. The summed E-state index contributed by atoms with van der Waals surface area (Å²) in [6.07, 6.45) is 1.10. The number of carboxylic acid groups (broad SMARTS) is 1. The summed E-state index contributed by atoms with van der Waals surface area (Å²) in [6.45, 7) is 3.84. The van der Waals surface area contributed by atoms with Crippen LogP contribution < -0.4 is 4.74 Å². The van der Waals surface area contributed by atoms with E-state index in [2.05, 4.69) is 0 Å². The molecule has 0 amide bonds. The van der Waals surface area contributed by atoms with Crippen molar-refractivity contribution in [2.24, 2.45) is 0 Å². The Morgan fingerprint density at radius 3 is 2.43 bits per heavy atom. The summed E-state index contributed by atoms with van der Waals surface area (Å²) in [6, 6.07) is 10.8. The summed E-state index contributed by atoms with van der Waals surface area (Å²) in [7, 11) is 0. The van der Waals surface area contributed by atoms with Crippen molar-refractivity contribution in [2.45, 2.75) is 32.3 Å². The van der Waals surface area contributed by atoms with Gasteiger partial charge in [0, 0.05) is 5.39 Å². The highest BCUT2D eigenvalue weighted by atomic mass is 16.5. The summed E-state index contributed by atoms with van der Waals surface area (Å²) in [4.78, 5) is 11.4. The first-order valence-electron chi connectivity index (χ1n) is 7.11. The molecule has 21 heavy (non-hydrogen) atoms. The Hall–Kier alpha value is -2.07. The van der Waals surface area contributed by atoms with Gasteiger partial charge < -0.3 is 14.9 Å². The molecule has 0 fully saturated rings. The molecule has 4 nitrogen and oxygen atoms in total. The maximum absolute atomic E-state index is 11.4. The van der Waals surface area contributed by atoms with E-state index in [0.717, 1.165) is 10.8 Å². The number of rotatable bonds is 6. The second kappa shape index (κ2) is 6.14. The lowest BCUT2D eigenvalue weighted by Gasteiger charge is -2.26. The Labute approximate surface area is 124 Å². The molecule has 0 saturated carbocycles. The van der Waals surface area contributed by atoms with Gasteiger partial charge in [0.1, 0.15) is 17.9 Å². The quantitative estimate of drug-likeness (QED) is 0.854. The van der Waals surface area contributed by atoms with Gasteiger partial charge in [-0.25, -0.2) is 4.79 Å². The topological polar surface area (TPSA) is 66.8 Å². The van der Waals surface area contributed by atoms with Crippen molar-refractivity contribution in [3.8, 4) is 5.75 Å². The number of benzene rings is 2.